The Balaban J connectivity index is 1.61. The summed E-state index contributed by atoms with van der Waals surface area (Å²) >= 11 is 0. The molecular formula is C21H23N5O3. The van der Waals surface area contributed by atoms with Crippen LogP contribution < -0.4 is 14.8 Å². The van der Waals surface area contributed by atoms with Crippen LogP contribution in [0.15, 0.2) is 55.1 Å². The number of pyridine rings is 1. The Morgan fingerprint density at radius 3 is 2.38 bits per heavy atom. The van der Waals surface area contributed by atoms with Crippen molar-refractivity contribution in [2.45, 2.75) is 6.42 Å². The molecule has 0 saturated carbocycles. The minimum absolute atomic E-state index is 0.128. The van der Waals surface area contributed by atoms with E-state index in [9.17, 15) is 4.79 Å². The highest BCUT2D eigenvalue weighted by Gasteiger charge is 2.13. The molecule has 0 unspecified atom stereocenters. The van der Waals surface area contributed by atoms with Crippen molar-refractivity contribution in [1.29, 1.82) is 0 Å². The molecule has 2 aromatic heterocycles. The predicted octanol–water partition coefficient (Wildman–Crippen LogP) is 2.95. The van der Waals surface area contributed by atoms with E-state index in [0.717, 1.165) is 17.7 Å². The molecule has 150 valence electrons. The van der Waals surface area contributed by atoms with E-state index in [-0.39, 0.29) is 5.91 Å². The molecule has 0 aliphatic rings. The van der Waals surface area contributed by atoms with E-state index in [1.165, 1.54) is 12.4 Å². The van der Waals surface area contributed by atoms with Crippen molar-refractivity contribution < 1.29 is 14.3 Å². The van der Waals surface area contributed by atoms with Crippen LogP contribution in [0, 0.1) is 0 Å². The third-order valence-electron chi connectivity index (χ3n) is 4.37. The number of methoxy groups -OCH3 is 2. The van der Waals surface area contributed by atoms with Crippen LogP contribution in [0.1, 0.15) is 15.9 Å². The van der Waals surface area contributed by atoms with E-state index in [2.05, 4.69) is 20.3 Å². The molecule has 1 aromatic carbocycles. The molecule has 0 bridgehead atoms. The minimum Gasteiger partial charge on any atom is -0.493 e. The fourth-order valence-electron chi connectivity index (χ4n) is 2.71. The largest absolute Gasteiger partial charge is 0.493 e. The van der Waals surface area contributed by atoms with Gasteiger partial charge in [0, 0.05) is 50.1 Å². The van der Waals surface area contributed by atoms with Crippen LogP contribution in [0.4, 0.5) is 11.6 Å². The number of aromatic nitrogens is 3. The lowest BCUT2D eigenvalue weighted by atomic mass is 10.2. The van der Waals surface area contributed by atoms with Crippen LogP contribution in [-0.2, 0) is 6.42 Å². The molecule has 0 aliphatic carbocycles. The van der Waals surface area contributed by atoms with Gasteiger partial charge in [0.05, 0.1) is 19.8 Å². The smallest absolute Gasteiger partial charge is 0.256 e. The summed E-state index contributed by atoms with van der Waals surface area (Å²) in [5.74, 6) is 1.49. The Kier molecular flexibility index (Phi) is 6.57. The van der Waals surface area contributed by atoms with Crippen LogP contribution in [-0.4, -0.2) is 53.6 Å². The van der Waals surface area contributed by atoms with Crippen LogP contribution in [0.5, 0.6) is 11.5 Å². The number of ether oxygens (including phenoxy) is 2. The molecule has 1 amide bonds. The van der Waals surface area contributed by atoms with Crippen molar-refractivity contribution in [3.8, 4) is 11.5 Å². The molecule has 0 atom stereocenters. The molecule has 8 heteroatoms. The van der Waals surface area contributed by atoms with E-state index in [0.29, 0.717) is 29.6 Å². The summed E-state index contributed by atoms with van der Waals surface area (Å²) < 4.78 is 10.5. The van der Waals surface area contributed by atoms with Gasteiger partial charge in [0.25, 0.3) is 5.91 Å². The summed E-state index contributed by atoms with van der Waals surface area (Å²) in [7, 11) is 4.92. The molecule has 29 heavy (non-hydrogen) atoms. The fraction of sp³-hybridized carbons (Fsp3) is 0.238. The lowest BCUT2D eigenvalue weighted by Crippen LogP contribution is -2.29. The zero-order chi connectivity index (χ0) is 20.6. The quantitative estimate of drug-likeness (QED) is 0.629. The number of hydrogen-bond donors (Lipinski definition) is 1. The monoisotopic (exact) mass is 393 g/mol. The molecule has 0 aliphatic heterocycles. The van der Waals surface area contributed by atoms with E-state index >= 15 is 0 Å². The summed E-state index contributed by atoms with van der Waals surface area (Å²) in [5.41, 5.74) is 2.31. The van der Waals surface area contributed by atoms with E-state index in [1.807, 2.05) is 18.2 Å². The summed E-state index contributed by atoms with van der Waals surface area (Å²) in [6, 6.07) is 9.29. The Morgan fingerprint density at radius 1 is 1.03 bits per heavy atom. The maximum Gasteiger partial charge on any atom is 0.256 e. The number of nitrogens with one attached hydrogen (secondary N) is 1. The first-order chi connectivity index (χ1) is 14.1. The number of nitrogens with zero attached hydrogens (tertiary/aromatic N) is 4. The molecule has 3 aromatic rings. The normalized spacial score (nSPS) is 10.3. The number of rotatable bonds is 8. The van der Waals surface area contributed by atoms with Crippen LogP contribution in [0.25, 0.3) is 0 Å². The molecule has 0 spiro atoms. The highest BCUT2D eigenvalue weighted by molar-refractivity contribution is 5.93. The number of carbonyl (C=O) groups excluding carboxylic acids is 1. The van der Waals surface area contributed by atoms with E-state index < -0.39 is 0 Å². The van der Waals surface area contributed by atoms with Gasteiger partial charge in [-0.1, -0.05) is 0 Å². The maximum absolute atomic E-state index is 12.6. The number of carbonyl (C=O) groups is 1. The fourth-order valence-corrected chi connectivity index (χ4v) is 2.71. The summed E-state index contributed by atoms with van der Waals surface area (Å²) in [4.78, 5) is 26.7. The summed E-state index contributed by atoms with van der Waals surface area (Å²) in [5, 5.41) is 3.08. The summed E-state index contributed by atoms with van der Waals surface area (Å²) in [6.07, 6.45) is 7.28. The van der Waals surface area contributed by atoms with Gasteiger partial charge in [-0.2, -0.15) is 0 Å². The van der Waals surface area contributed by atoms with Gasteiger partial charge in [-0.3, -0.25) is 9.78 Å². The van der Waals surface area contributed by atoms with Crippen LogP contribution in [0.2, 0.25) is 0 Å². The molecule has 0 radical (unpaired) electrons. The molecule has 0 fully saturated rings. The third kappa shape index (κ3) is 5.19. The van der Waals surface area contributed by atoms with Gasteiger partial charge < -0.3 is 19.7 Å². The Morgan fingerprint density at radius 2 is 1.72 bits per heavy atom. The second-order valence-corrected chi connectivity index (χ2v) is 6.32. The lowest BCUT2D eigenvalue weighted by molar-refractivity contribution is 0.0796. The number of likely N-dealkylation sites (N-methyl/N-ethyl adjacent to an activating group) is 1. The highest BCUT2D eigenvalue weighted by atomic mass is 16.5. The molecule has 1 N–H and O–H groups in total. The topological polar surface area (TPSA) is 89.5 Å². The van der Waals surface area contributed by atoms with Gasteiger partial charge >= 0.3 is 0 Å². The van der Waals surface area contributed by atoms with Crippen LogP contribution in [0.3, 0.4) is 0 Å². The molecule has 8 nitrogen and oxygen atoms in total. The molecule has 3 rings (SSSR count). The van der Waals surface area contributed by atoms with Gasteiger partial charge in [-0.25, -0.2) is 9.97 Å². The second-order valence-electron chi connectivity index (χ2n) is 6.32. The zero-order valence-corrected chi connectivity index (χ0v) is 16.6. The predicted molar refractivity (Wildman–Crippen MR) is 110 cm³/mol. The van der Waals surface area contributed by atoms with Gasteiger partial charge in [0.1, 0.15) is 0 Å². The Hall–Kier alpha value is -3.68. The number of benzene rings is 1. The second kappa shape index (κ2) is 9.50. The van der Waals surface area contributed by atoms with Gasteiger partial charge in [-0.05, 0) is 36.2 Å². The number of amides is 1. The first kappa shape index (κ1) is 20.1. The average Bonchev–Trinajstić information content (AvgIpc) is 2.78. The van der Waals surface area contributed by atoms with Crippen molar-refractivity contribution >= 4 is 17.5 Å². The lowest BCUT2D eigenvalue weighted by Gasteiger charge is -2.17. The number of hydrogen-bond acceptors (Lipinski definition) is 7. The zero-order valence-electron chi connectivity index (χ0n) is 16.6. The third-order valence-corrected chi connectivity index (χ3v) is 4.37. The minimum atomic E-state index is -0.128. The SMILES string of the molecule is COc1ccc(Nc2ncc(C(=O)N(C)CCc3ccncc3)cn2)cc1OC. The molecule has 2 heterocycles. The summed E-state index contributed by atoms with van der Waals surface area (Å²) in [6.45, 7) is 0.592. The highest BCUT2D eigenvalue weighted by Crippen LogP contribution is 2.30. The Bertz CT molecular complexity index is 948. The first-order valence-corrected chi connectivity index (χ1v) is 9.06. The average molecular weight is 393 g/mol. The van der Waals surface area contributed by atoms with Crippen molar-refractivity contribution in [1.82, 2.24) is 19.9 Å². The van der Waals surface area contributed by atoms with Crippen molar-refractivity contribution in [2.75, 3.05) is 33.1 Å². The molecule has 0 saturated heterocycles. The maximum atomic E-state index is 12.6. The van der Waals surface area contributed by atoms with Gasteiger partial charge in [0.2, 0.25) is 5.95 Å². The standard InChI is InChI=1S/C21H23N5O3/c1-26(11-8-15-6-9-22-10-7-15)20(27)16-13-23-21(24-14-16)25-17-4-5-18(28-2)19(12-17)29-3/h4-7,9-10,12-14H,8,11H2,1-3H3,(H,23,24,25). The van der Waals surface area contributed by atoms with Gasteiger partial charge in [0.15, 0.2) is 11.5 Å². The molecular weight excluding hydrogens is 370 g/mol. The van der Waals surface area contributed by atoms with Crippen molar-refractivity contribution in [2.24, 2.45) is 0 Å². The van der Waals surface area contributed by atoms with Crippen LogP contribution >= 0.6 is 0 Å². The van der Waals surface area contributed by atoms with Crippen molar-refractivity contribution in [3.05, 3.63) is 66.2 Å². The van der Waals surface area contributed by atoms with Gasteiger partial charge in [-0.15, -0.1) is 0 Å². The first-order valence-electron chi connectivity index (χ1n) is 9.06. The van der Waals surface area contributed by atoms with E-state index in [1.54, 1.807) is 50.7 Å². The van der Waals surface area contributed by atoms with Crippen molar-refractivity contribution in [3.63, 3.8) is 0 Å². The Labute approximate surface area is 169 Å². The van der Waals surface area contributed by atoms with E-state index in [4.69, 9.17) is 9.47 Å². The number of anilines is 2.